The van der Waals surface area contributed by atoms with E-state index in [0.717, 1.165) is 32.2 Å². The lowest BCUT2D eigenvalue weighted by Gasteiger charge is -2.38. The van der Waals surface area contributed by atoms with Gasteiger partial charge in [0.2, 0.25) is 0 Å². The van der Waals surface area contributed by atoms with Gasteiger partial charge in [-0.3, -0.25) is 0 Å². The van der Waals surface area contributed by atoms with E-state index in [4.69, 9.17) is 4.74 Å². The van der Waals surface area contributed by atoms with E-state index in [0.29, 0.717) is 5.41 Å². The molecule has 0 aromatic carbocycles. The van der Waals surface area contributed by atoms with Gasteiger partial charge in [0.05, 0.1) is 13.2 Å². The number of likely N-dealkylation sites (tertiary alicyclic amines) is 1. The van der Waals surface area contributed by atoms with E-state index in [1.54, 1.807) is 0 Å². The summed E-state index contributed by atoms with van der Waals surface area (Å²) in [4.78, 5) is 2.60. The second-order valence-corrected chi connectivity index (χ2v) is 6.05. The molecule has 0 aromatic rings. The molecule has 1 N–H and O–H groups in total. The molecule has 0 radical (unpaired) electrons. The van der Waals surface area contributed by atoms with Crippen LogP contribution in [0.15, 0.2) is 0 Å². The zero-order chi connectivity index (χ0) is 11.4. The van der Waals surface area contributed by atoms with Crippen LogP contribution < -0.4 is 5.32 Å². The van der Waals surface area contributed by atoms with E-state index >= 15 is 0 Å². The lowest BCUT2D eigenvalue weighted by molar-refractivity contribution is -0.0992. The second kappa shape index (κ2) is 5.48. The summed E-state index contributed by atoms with van der Waals surface area (Å²) in [5, 5.41) is 3.59. The van der Waals surface area contributed by atoms with Crippen molar-refractivity contribution in [3.8, 4) is 0 Å². The summed E-state index contributed by atoms with van der Waals surface area (Å²) in [5.74, 6) is 0.766. The molecule has 94 valence electrons. The predicted octanol–water partition coefficient (Wildman–Crippen LogP) is 1.34. The first-order valence-electron chi connectivity index (χ1n) is 6.69. The summed E-state index contributed by atoms with van der Waals surface area (Å²) >= 11 is 0. The van der Waals surface area contributed by atoms with Crippen LogP contribution in [-0.4, -0.2) is 50.8 Å². The third-order valence-electron chi connectivity index (χ3n) is 3.71. The topological polar surface area (TPSA) is 24.5 Å². The standard InChI is InChI=1S/C13H26N2O/c1-12(8-15-5-3-4-6-15)7-14-9-13(2)10-16-11-13/h12,14H,3-11H2,1-2H3. The van der Waals surface area contributed by atoms with E-state index in [-0.39, 0.29) is 0 Å². The molecule has 0 amide bonds. The molecule has 0 bridgehead atoms. The third kappa shape index (κ3) is 3.44. The van der Waals surface area contributed by atoms with Crippen LogP contribution in [0.5, 0.6) is 0 Å². The maximum Gasteiger partial charge on any atom is 0.0554 e. The summed E-state index contributed by atoms with van der Waals surface area (Å²) in [6.07, 6.45) is 2.80. The highest BCUT2D eigenvalue weighted by molar-refractivity contribution is 4.83. The van der Waals surface area contributed by atoms with Gasteiger partial charge in [0, 0.05) is 18.5 Å². The van der Waals surface area contributed by atoms with Gasteiger partial charge in [-0.2, -0.15) is 0 Å². The van der Waals surface area contributed by atoms with Gasteiger partial charge >= 0.3 is 0 Å². The Bertz CT molecular complexity index is 210. The number of nitrogens with zero attached hydrogens (tertiary/aromatic N) is 1. The molecule has 2 aliphatic rings. The Morgan fingerprint density at radius 3 is 2.56 bits per heavy atom. The summed E-state index contributed by atoms with van der Waals surface area (Å²) in [7, 11) is 0. The molecule has 0 aromatic heterocycles. The summed E-state index contributed by atoms with van der Waals surface area (Å²) in [5.41, 5.74) is 0.410. The van der Waals surface area contributed by atoms with Crippen molar-refractivity contribution >= 4 is 0 Å². The van der Waals surface area contributed by atoms with Gasteiger partial charge in [0.1, 0.15) is 0 Å². The number of hydrogen-bond acceptors (Lipinski definition) is 3. The van der Waals surface area contributed by atoms with Crippen LogP contribution in [0.4, 0.5) is 0 Å². The number of nitrogens with one attached hydrogen (secondary N) is 1. The van der Waals surface area contributed by atoms with Crippen LogP contribution in [0.3, 0.4) is 0 Å². The van der Waals surface area contributed by atoms with Crippen molar-refractivity contribution in [3.05, 3.63) is 0 Å². The minimum atomic E-state index is 0.410. The Hall–Kier alpha value is -0.120. The maximum absolute atomic E-state index is 5.25. The fraction of sp³-hybridized carbons (Fsp3) is 1.00. The Morgan fingerprint density at radius 1 is 1.31 bits per heavy atom. The van der Waals surface area contributed by atoms with Gasteiger partial charge in [-0.25, -0.2) is 0 Å². The predicted molar refractivity (Wildman–Crippen MR) is 66.6 cm³/mol. The van der Waals surface area contributed by atoms with E-state index < -0.39 is 0 Å². The Labute approximate surface area is 99.5 Å². The van der Waals surface area contributed by atoms with Crippen molar-refractivity contribution in [1.82, 2.24) is 10.2 Å². The average molecular weight is 226 g/mol. The average Bonchev–Trinajstić information content (AvgIpc) is 2.68. The third-order valence-corrected chi connectivity index (χ3v) is 3.71. The lowest BCUT2D eigenvalue weighted by atomic mass is 9.88. The van der Waals surface area contributed by atoms with Crippen LogP contribution >= 0.6 is 0 Å². The first-order chi connectivity index (χ1) is 7.68. The first kappa shape index (κ1) is 12.3. The van der Waals surface area contributed by atoms with E-state index in [9.17, 15) is 0 Å². The zero-order valence-electron chi connectivity index (χ0n) is 10.8. The van der Waals surface area contributed by atoms with Gasteiger partial charge in [0.25, 0.3) is 0 Å². The second-order valence-electron chi connectivity index (χ2n) is 6.05. The van der Waals surface area contributed by atoms with Gasteiger partial charge < -0.3 is 15.0 Å². The minimum absolute atomic E-state index is 0.410. The van der Waals surface area contributed by atoms with Gasteiger partial charge in [-0.1, -0.05) is 13.8 Å². The molecule has 1 atom stereocenters. The van der Waals surface area contributed by atoms with Crippen molar-refractivity contribution < 1.29 is 4.74 Å². The quantitative estimate of drug-likeness (QED) is 0.740. The molecule has 0 aliphatic carbocycles. The molecule has 0 saturated carbocycles. The highest BCUT2D eigenvalue weighted by Crippen LogP contribution is 2.25. The maximum atomic E-state index is 5.25. The molecule has 3 nitrogen and oxygen atoms in total. The highest BCUT2D eigenvalue weighted by atomic mass is 16.5. The van der Waals surface area contributed by atoms with Crippen molar-refractivity contribution in [2.75, 3.05) is 45.9 Å². The molecule has 16 heavy (non-hydrogen) atoms. The molecule has 1 unspecified atom stereocenters. The Morgan fingerprint density at radius 2 is 2.00 bits per heavy atom. The van der Waals surface area contributed by atoms with E-state index in [2.05, 4.69) is 24.1 Å². The number of rotatable bonds is 6. The SMILES string of the molecule is CC(CNCC1(C)COC1)CN1CCCC1. The largest absolute Gasteiger partial charge is 0.380 e. The van der Waals surface area contributed by atoms with Gasteiger partial charge in [-0.05, 0) is 38.4 Å². The molecule has 2 rings (SSSR count). The van der Waals surface area contributed by atoms with Crippen LogP contribution in [0.25, 0.3) is 0 Å². The van der Waals surface area contributed by atoms with Gasteiger partial charge in [0.15, 0.2) is 0 Å². The molecule has 2 fully saturated rings. The molecule has 2 aliphatic heterocycles. The summed E-state index contributed by atoms with van der Waals surface area (Å²) in [6.45, 7) is 12.7. The zero-order valence-corrected chi connectivity index (χ0v) is 10.8. The fourth-order valence-electron chi connectivity index (χ4n) is 2.64. The summed E-state index contributed by atoms with van der Waals surface area (Å²) < 4.78 is 5.25. The van der Waals surface area contributed by atoms with Crippen molar-refractivity contribution in [1.29, 1.82) is 0 Å². The van der Waals surface area contributed by atoms with Crippen molar-refractivity contribution in [2.24, 2.45) is 11.3 Å². The molecular weight excluding hydrogens is 200 g/mol. The monoisotopic (exact) mass is 226 g/mol. The Balaban J connectivity index is 1.54. The molecule has 3 heteroatoms. The van der Waals surface area contributed by atoms with Crippen molar-refractivity contribution in [2.45, 2.75) is 26.7 Å². The number of hydrogen-bond donors (Lipinski definition) is 1. The Kier molecular flexibility index (Phi) is 4.22. The smallest absolute Gasteiger partial charge is 0.0554 e. The minimum Gasteiger partial charge on any atom is -0.380 e. The molecular formula is C13H26N2O. The van der Waals surface area contributed by atoms with Crippen LogP contribution in [0.2, 0.25) is 0 Å². The molecule has 2 heterocycles. The molecule has 0 spiro atoms. The first-order valence-corrected chi connectivity index (χ1v) is 6.69. The number of ether oxygens (including phenoxy) is 1. The van der Waals surface area contributed by atoms with Crippen LogP contribution in [-0.2, 0) is 4.74 Å². The lowest BCUT2D eigenvalue weighted by Crippen LogP contribution is -2.48. The van der Waals surface area contributed by atoms with Crippen molar-refractivity contribution in [3.63, 3.8) is 0 Å². The van der Waals surface area contributed by atoms with E-state index in [1.807, 2.05) is 0 Å². The van der Waals surface area contributed by atoms with Crippen LogP contribution in [0, 0.1) is 11.3 Å². The molecule has 2 saturated heterocycles. The normalized spacial score (nSPS) is 26.6. The van der Waals surface area contributed by atoms with Gasteiger partial charge in [-0.15, -0.1) is 0 Å². The summed E-state index contributed by atoms with van der Waals surface area (Å²) in [6, 6.07) is 0. The highest BCUT2D eigenvalue weighted by Gasteiger charge is 2.32. The van der Waals surface area contributed by atoms with Crippen LogP contribution in [0.1, 0.15) is 26.7 Å². The fourth-order valence-corrected chi connectivity index (χ4v) is 2.64. The van der Waals surface area contributed by atoms with E-state index in [1.165, 1.54) is 32.5 Å².